The molecule has 55 heavy (non-hydrogen) atoms. The minimum Gasteiger partial charge on any atom is -0.504 e. The second kappa shape index (κ2) is 13.7. The van der Waals surface area contributed by atoms with Crippen LogP contribution in [0.25, 0.3) is 6.08 Å². The van der Waals surface area contributed by atoms with Crippen molar-refractivity contribution in [1.82, 2.24) is 5.01 Å². The van der Waals surface area contributed by atoms with Gasteiger partial charge in [-0.05, 0) is 110 Å². The van der Waals surface area contributed by atoms with Crippen LogP contribution in [-0.2, 0) is 24.6 Å². The Balaban J connectivity index is 1.28. The Morgan fingerprint density at radius 3 is 2.31 bits per heavy atom. The molecule has 6 atom stereocenters. The quantitative estimate of drug-likeness (QED) is 0.110. The van der Waals surface area contributed by atoms with Gasteiger partial charge in [-0.15, -0.1) is 0 Å². The molecular formula is C43H35ClFN3O7. The lowest BCUT2D eigenvalue weighted by Crippen LogP contribution is -2.54. The molecule has 0 unspecified atom stereocenters. The number of amides is 4. The minimum absolute atomic E-state index is 0.0555. The number of ether oxygens (including phenoxy) is 1. The van der Waals surface area contributed by atoms with Gasteiger partial charge in [-0.3, -0.25) is 34.3 Å². The van der Waals surface area contributed by atoms with Gasteiger partial charge in [0.15, 0.2) is 17.3 Å². The fourth-order valence-electron chi connectivity index (χ4n) is 9.01. The second-order valence-electron chi connectivity index (χ2n) is 14.3. The standard InChI is InChI=1S/C43H35ClFN3O7/c1-23(49)25-5-15-30(16-6-25)47-39(51)32-18-17-31-33(38(32)41(47)53)22-35-40(52)48(46-29-13-11-28(45)12-14-29)42(54)43(35,26-7-9-27(44)10-8-26)34(31)19-3-24-4-20-36(50)37(21-24)55-2/h3-17,19-21,32-35,38,46,50H,18,22H2,1-2H3/t32-,33+,34-,35-,38-,43-/m0/s1. The number of imide groups is 2. The number of carbonyl (C=O) groups excluding carboxylic acids is 5. The maximum Gasteiger partial charge on any atom is 0.260 e. The number of Topliss-reactive ketones (excluding diaryl/α,β-unsaturated/α-hetero) is 1. The first-order valence-electron chi connectivity index (χ1n) is 17.8. The van der Waals surface area contributed by atoms with Crippen LogP contribution in [0.3, 0.4) is 0 Å². The third kappa shape index (κ3) is 5.72. The predicted molar refractivity (Wildman–Crippen MR) is 202 cm³/mol. The van der Waals surface area contributed by atoms with Crippen molar-refractivity contribution in [2.24, 2.45) is 29.6 Å². The molecule has 2 saturated heterocycles. The van der Waals surface area contributed by atoms with Crippen LogP contribution in [0.15, 0.2) is 109 Å². The largest absolute Gasteiger partial charge is 0.504 e. The Kier molecular flexibility index (Phi) is 8.92. The number of allylic oxidation sites excluding steroid dienone is 3. The van der Waals surface area contributed by atoms with E-state index in [9.17, 15) is 28.7 Å². The van der Waals surface area contributed by atoms with Crippen molar-refractivity contribution < 1.29 is 38.2 Å². The summed E-state index contributed by atoms with van der Waals surface area (Å²) in [5.74, 6) is -6.27. The second-order valence-corrected chi connectivity index (χ2v) is 14.8. The van der Waals surface area contributed by atoms with Crippen molar-refractivity contribution in [2.75, 3.05) is 17.4 Å². The van der Waals surface area contributed by atoms with Gasteiger partial charge >= 0.3 is 0 Å². The number of fused-ring (bicyclic) bond motifs is 4. The SMILES string of the molecule is COc1cc(C=C[C@H]2C3=CC[C@@H]4C(=O)N(c5ccc(C(C)=O)cc5)C(=O)[C@@H]4[C@@H]3C[C@H]3C(=O)N(Nc4ccc(F)cc4)C(=O)[C@@]23c2ccc(Cl)cc2)ccc1O. The molecule has 1 saturated carbocycles. The van der Waals surface area contributed by atoms with E-state index in [1.807, 2.05) is 12.2 Å². The molecule has 278 valence electrons. The van der Waals surface area contributed by atoms with E-state index in [-0.39, 0.29) is 36.0 Å². The van der Waals surface area contributed by atoms with Gasteiger partial charge in [0.05, 0.1) is 41.7 Å². The Labute approximate surface area is 320 Å². The van der Waals surface area contributed by atoms with Crippen LogP contribution >= 0.6 is 11.6 Å². The van der Waals surface area contributed by atoms with Crippen molar-refractivity contribution in [3.05, 3.63) is 136 Å². The maximum atomic E-state index is 15.2. The van der Waals surface area contributed by atoms with Crippen molar-refractivity contribution in [3.8, 4) is 11.5 Å². The van der Waals surface area contributed by atoms with Gasteiger partial charge in [-0.25, -0.2) is 4.39 Å². The fraction of sp³-hybridized carbons (Fsp3) is 0.233. The first-order chi connectivity index (χ1) is 26.4. The van der Waals surface area contributed by atoms with E-state index in [2.05, 4.69) is 5.43 Å². The Morgan fingerprint density at radius 2 is 1.64 bits per heavy atom. The van der Waals surface area contributed by atoms with Crippen LogP contribution in [0, 0.1) is 35.4 Å². The van der Waals surface area contributed by atoms with Gasteiger partial charge in [0.1, 0.15) is 5.82 Å². The van der Waals surface area contributed by atoms with E-state index < -0.39 is 58.5 Å². The van der Waals surface area contributed by atoms with E-state index in [1.165, 1.54) is 49.3 Å². The van der Waals surface area contributed by atoms with Crippen LogP contribution < -0.4 is 15.1 Å². The summed E-state index contributed by atoms with van der Waals surface area (Å²) in [6.45, 7) is 1.43. The highest BCUT2D eigenvalue weighted by Gasteiger charge is 2.69. The zero-order valence-corrected chi connectivity index (χ0v) is 30.5. The number of rotatable bonds is 8. The van der Waals surface area contributed by atoms with Crippen molar-refractivity contribution in [2.45, 2.75) is 25.2 Å². The molecule has 4 amide bonds. The van der Waals surface area contributed by atoms with Crippen LogP contribution in [-0.4, -0.2) is 46.6 Å². The number of methoxy groups -OCH3 is 1. The van der Waals surface area contributed by atoms with Gasteiger partial charge in [-0.1, -0.05) is 53.6 Å². The van der Waals surface area contributed by atoms with Crippen molar-refractivity contribution in [1.29, 1.82) is 0 Å². The molecule has 12 heteroatoms. The zero-order chi connectivity index (χ0) is 38.8. The van der Waals surface area contributed by atoms with Crippen molar-refractivity contribution >= 4 is 58.5 Å². The van der Waals surface area contributed by atoms with E-state index in [0.717, 1.165) is 10.6 Å². The molecule has 10 nitrogen and oxygen atoms in total. The fourth-order valence-corrected chi connectivity index (χ4v) is 9.13. The topological polar surface area (TPSA) is 133 Å². The zero-order valence-electron chi connectivity index (χ0n) is 29.7. The first kappa shape index (κ1) is 35.9. The summed E-state index contributed by atoms with van der Waals surface area (Å²) in [7, 11) is 1.43. The number of hydrazine groups is 1. The highest BCUT2D eigenvalue weighted by Crippen LogP contribution is 2.61. The van der Waals surface area contributed by atoms with Gasteiger partial charge in [0, 0.05) is 16.5 Å². The number of phenolic OH excluding ortho intramolecular Hbond substituents is 1. The van der Waals surface area contributed by atoms with Crippen LogP contribution in [0.4, 0.5) is 15.8 Å². The number of ketones is 1. The summed E-state index contributed by atoms with van der Waals surface area (Å²) in [5, 5.41) is 11.7. The Bertz CT molecular complexity index is 2330. The number of phenols is 1. The average molecular weight is 760 g/mol. The molecule has 3 fully saturated rings. The smallest absolute Gasteiger partial charge is 0.260 e. The third-order valence-electron chi connectivity index (χ3n) is 11.5. The van der Waals surface area contributed by atoms with E-state index >= 15 is 4.79 Å². The van der Waals surface area contributed by atoms with Crippen LogP contribution in [0.2, 0.25) is 5.02 Å². The normalized spacial score (nSPS) is 25.8. The van der Waals surface area contributed by atoms with Gasteiger partial charge < -0.3 is 9.84 Å². The molecule has 0 spiro atoms. The van der Waals surface area contributed by atoms with Gasteiger partial charge in [0.2, 0.25) is 11.8 Å². The molecule has 4 aromatic rings. The Morgan fingerprint density at radius 1 is 0.927 bits per heavy atom. The van der Waals surface area contributed by atoms with Crippen LogP contribution in [0.1, 0.15) is 41.3 Å². The summed E-state index contributed by atoms with van der Waals surface area (Å²) < 4.78 is 19.2. The lowest BCUT2D eigenvalue weighted by atomic mass is 9.50. The summed E-state index contributed by atoms with van der Waals surface area (Å²) in [6, 6.07) is 23.2. The summed E-state index contributed by atoms with van der Waals surface area (Å²) >= 11 is 6.36. The maximum absolute atomic E-state index is 15.2. The number of carbonyl (C=O) groups is 5. The molecule has 0 bridgehead atoms. The van der Waals surface area contributed by atoms with Crippen molar-refractivity contribution in [3.63, 3.8) is 0 Å². The molecule has 2 aliphatic heterocycles. The van der Waals surface area contributed by atoms with E-state index in [4.69, 9.17) is 16.3 Å². The Hall–Kier alpha value is -6.07. The molecule has 2 aliphatic carbocycles. The molecule has 4 aliphatic rings. The van der Waals surface area contributed by atoms with Crippen LogP contribution in [0.5, 0.6) is 11.5 Å². The molecule has 2 heterocycles. The van der Waals surface area contributed by atoms with Gasteiger partial charge in [-0.2, -0.15) is 5.01 Å². The lowest BCUT2D eigenvalue weighted by molar-refractivity contribution is -0.139. The number of halogens is 2. The first-order valence-corrected chi connectivity index (χ1v) is 18.2. The molecule has 8 rings (SSSR count). The number of hydrogen-bond donors (Lipinski definition) is 2. The number of aromatic hydroxyl groups is 1. The molecule has 2 N–H and O–H groups in total. The predicted octanol–water partition coefficient (Wildman–Crippen LogP) is 7.13. The average Bonchev–Trinajstić information content (AvgIpc) is 3.56. The van der Waals surface area contributed by atoms with E-state index in [0.29, 0.717) is 33.1 Å². The highest BCUT2D eigenvalue weighted by molar-refractivity contribution is 6.30. The van der Waals surface area contributed by atoms with E-state index in [1.54, 1.807) is 66.7 Å². The number of nitrogens with zero attached hydrogens (tertiary/aromatic N) is 2. The molecule has 0 aromatic heterocycles. The summed E-state index contributed by atoms with van der Waals surface area (Å²) in [5.41, 5.74) is 4.42. The molecule has 4 aromatic carbocycles. The molecule has 0 radical (unpaired) electrons. The third-order valence-corrected chi connectivity index (χ3v) is 11.8. The number of benzene rings is 4. The number of anilines is 2. The number of nitrogens with one attached hydrogen (secondary N) is 1. The number of hydrogen-bond acceptors (Lipinski definition) is 8. The lowest BCUT2D eigenvalue weighted by Gasteiger charge is -2.49. The molecular weight excluding hydrogens is 725 g/mol. The summed E-state index contributed by atoms with van der Waals surface area (Å²) in [6.07, 6.45) is 5.87. The summed E-state index contributed by atoms with van der Waals surface area (Å²) in [4.78, 5) is 71.6. The minimum atomic E-state index is -1.53. The monoisotopic (exact) mass is 759 g/mol. The van der Waals surface area contributed by atoms with Gasteiger partial charge in [0.25, 0.3) is 11.8 Å². The highest BCUT2D eigenvalue weighted by atomic mass is 35.5.